The number of aliphatic hydroxyl groups is 1. The van der Waals surface area contributed by atoms with Crippen LogP contribution in [0, 0.1) is 5.82 Å². The molecule has 0 saturated heterocycles. The molecule has 51 heavy (non-hydrogen) atoms. The van der Waals surface area contributed by atoms with Crippen molar-refractivity contribution in [2.75, 3.05) is 20.3 Å². The van der Waals surface area contributed by atoms with E-state index >= 15 is 4.39 Å². The highest BCUT2D eigenvalue weighted by atomic mass is 19.1. The number of methoxy groups -OCH3 is 1. The van der Waals surface area contributed by atoms with Crippen molar-refractivity contribution in [1.29, 1.82) is 0 Å². The number of fused-ring (bicyclic) bond motifs is 1. The Morgan fingerprint density at radius 3 is 2.39 bits per heavy atom. The maximum Gasteiger partial charge on any atom is 0.282 e. The number of ether oxygens (including phenoxy) is 2. The number of hydrogen-bond donors (Lipinski definition) is 1. The Morgan fingerprint density at radius 2 is 1.71 bits per heavy atom. The van der Waals surface area contributed by atoms with Gasteiger partial charge in [0.2, 0.25) is 0 Å². The number of rotatable bonds is 11. The Morgan fingerprint density at radius 1 is 0.922 bits per heavy atom. The third-order valence-corrected chi connectivity index (χ3v) is 8.87. The fourth-order valence-electron chi connectivity index (χ4n) is 6.18. The molecule has 0 saturated carbocycles. The molecular weight excluding hydrogens is 649 g/mol. The van der Waals surface area contributed by atoms with Crippen LogP contribution < -0.4 is 15.9 Å². The standard InChI is InChI=1S/C40H40FN5O5/c1-40(2,3)27-19-26-22-43-46(39(49)37(26)32(41)20-27)35-14-9-13-29(31(35)24-47)34-21-30(38(48)45(4)44-34)36(25-11-7-6-8-12-25)33-16-15-28(23-42-33)51-18-10-17-50-5/h6-9,11-16,19-23,36,47H,10,17-18,24H2,1-5H3. The quantitative estimate of drug-likeness (QED) is 0.163. The molecule has 0 aliphatic carbocycles. The van der Waals surface area contributed by atoms with Crippen LogP contribution in [0.3, 0.4) is 0 Å². The summed E-state index contributed by atoms with van der Waals surface area (Å²) in [5, 5.41) is 20.0. The number of pyridine rings is 1. The highest BCUT2D eigenvalue weighted by Crippen LogP contribution is 2.33. The number of halogens is 1. The molecule has 0 amide bonds. The van der Waals surface area contributed by atoms with Crippen molar-refractivity contribution in [3.8, 4) is 22.7 Å². The zero-order valence-corrected chi connectivity index (χ0v) is 29.3. The minimum absolute atomic E-state index is 0.0978. The fourth-order valence-corrected chi connectivity index (χ4v) is 6.18. The van der Waals surface area contributed by atoms with Crippen LogP contribution in [-0.4, -0.2) is 50.0 Å². The smallest absolute Gasteiger partial charge is 0.282 e. The van der Waals surface area contributed by atoms with E-state index < -0.39 is 23.9 Å². The summed E-state index contributed by atoms with van der Waals surface area (Å²) in [6.45, 7) is 6.48. The number of aromatic nitrogens is 5. The summed E-state index contributed by atoms with van der Waals surface area (Å²) < 4.78 is 28.8. The zero-order valence-electron chi connectivity index (χ0n) is 29.3. The lowest BCUT2D eigenvalue weighted by molar-refractivity contribution is 0.172. The second-order valence-electron chi connectivity index (χ2n) is 13.4. The maximum absolute atomic E-state index is 15.5. The molecule has 262 valence electrons. The minimum Gasteiger partial charge on any atom is -0.492 e. The third-order valence-electron chi connectivity index (χ3n) is 8.87. The number of benzene rings is 3. The number of hydrogen-bond acceptors (Lipinski definition) is 8. The molecule has 0 bridgehead atoms. The van der Waals surface area contributed by atoms with Crippen molar-refractivity contribution >= 4 is 10.8 Å². The second kappa shape index (κ2) is 14.8. The largest absolute Gasteiger partial charge is 0.492 e. The van der Waals surface area contributed by atoms with Crippen molar-refractivity contribution in [3.63, 3.8) is 0 Å². The van der Waals surface area contributed by atoms with E-state index in [9.17, 15) is 14.7 Å². The molecule has 6 rings (SSSR count). The van der Waals surface area contributed by atoms with Crippen LogP contribution in [0.15, 0.2) is 101 Å². The van der Waals surface area contributed by atoms with Gasteiger partial charge >= 0.3 is 0 Å². The van der Waals surface area contributed by atoms with E-state index in [2.05, 4.69) is 10.2 Å². The Balaban J connectivity index is 1.47. The van der Waals surface area contributed by atoms with Gasteiger partial charge in [-0.25, -0.2) is 9.07 Å². The number of aryl methyl sites for hydroxylation is 1. The highest BCUT2D eigenvalue weighted by molar-refractivity contribution is 5.83. The van der Waals surface area contributed by atoms with Crippen molar-refractivity contribution in [2.45, 2.75) is 45.1 Å². The third kappa shape index (κ3) is 7.21. The van der Waals surface area contributed by atoms with Crippen molar-refractivity contribution in [1.82, 2.24) is 24.5 Å². The van der Waals surface area contributed by atoms with Crippen LogP contribution in [0.5, 0.6) is 5.75 Å². The van der Waals surface area contributed by atoms with E-state index in [1.165, 1.54) is 16.9 Å². The van der Waals surface area contributed by atoms with Gasteiger partial charge in [0.25, 0.3) is 11.1 Å². The van der Waals surface area contributed by atoms with Crippen LogP contribution in [-0.2, 0) is 23.8 Å². The van der Waals surface area contributed by atoms with Gasteiger partial charge in [0, 0.05) is 49.3 Å². The van der Waals surface area contributed by atoms with E-state index in [0.717, 1.165) is 22.2 Å². The molecule has 10 nitrogen and oxygen atoms in total. The molecular formula is C40H40FN5O5. The summed E-state index contributed by atoms with van der Waals surface area (Å²) in [6.07, 6.45) is 3.83. The van der Waals surface area contributed by atoms with Crippen LogP contribution in [0.1, 0.15) is 61.1 Å². The normalized spacial score (nSPS) is 12.3. The van der Waals surface area contributed by atoms with E-state index in [4.69, 9.17) is 14.5 Å². The molecule has 3 heterocycles. The predicted octanol–water partition coefficient (Wildman–Crippen LogP) is 6.07. The molecule has 3 aromatic carbocycles. The Bertz CT molecular complexity index is 2300. The van der Waals surface area contributed by atoms with Gasteiger partial charge in [-0.15, -0.1) is 0 Å². The maximum atomic E-state index is 15.5. The van der Waals surface area contributed by atoms with Gasteiger partial charge in [0.15, 0.2) is 0 Å². The van der Waals surface area contributed by atoms with Crippen LogP contribution in [0.4, 0.5) is 4.39 Å². The molecule has 3 aromatic heterocycles. The first-order valence-electron chi connectivity index (χ1n) is 16.7. The summed E-state index contributed by atoms with van der Waals surface area (Å²) in [5.41, 5.74) is 2.75. The van der Waals surface area contributed by atoms with Crippen molar-refractivity contribution in [3.05, 3.63) is 146 Å². The SMILES string of the molecule is COCCCOc1ccc(C(c2ccccc2)c2cc(-c3cccc(-n4ncc5cc(C(C)(C)C)cc(F)c5c4=O)c3CO)nn(C)c2=O)nc1. The predicted molar refractivity (Wildman–Crippen MR) is 194 cm³/mol. The summed E-state index contributed by atoms with van der Waals surface area (Å²) in [4.78, 5) is 32.3. The van der Waals surface area contributed by atoms with Gasteiger partial charge in [-0.2, -0.15) is 14.9 Å². The summed E-state index contributed by atoms with van der Waals surface area (Å²) in [7, 11) is 3.21. The number of aliphatic hydroxyl groups excluding tert-OH is 1. The average Bonchev–Trinajstić information content (AvgIpc) is 3.12. The minimum atomic E-state index is -0.659. The van der Waals surface area contributed by atoms with Gasteiger partial charge in [-0.05, 0) is 52.9 Å². The Labute approximate surface area is 294 Å². The second-order valence-corrected chi connectivity index (χ2v) is 13.4. The first kappa shape index (κ1) is 35.3. The highest BCUT2D eigenvalue weighted by Gasteiger charge is 2.25. The van der Waals surface area contributed by atoms with Crippen LogP contribution in [0.2, 0.25) is 0 Å². The fraction of sp³-hybridized carbons (Fsp3) is 0.275. The molecule has 0 radical (unpaired) electrons. The molecule has 0 aliphatic rings. The lowest BCUT2D eigenvalue weighted by Gasteiger charge is -2.20. The molecule has 0 spiro atoms. The Hall–Kier alpha value is -5.52. The summed E-state index contributed by atoms with van der Waals surface area (Å²) in [6, 6.07) is 23.2. The van der Waals surface area contributed by atoms with E-state index in [1.807, 2.05) is 63.2 Å². The molecule has 0 fully saturated rings. The van der Waals surface area contributed by atoms with E-state index in [1.54, 1.807) is 50.7 Å². The number of nitrogens with zero attached hydrogens (tertiary/aromatic N) is 5. The van der Waals surface area contributed by atoms with Crippen molar-refractivity contribution < 1.29 is 19.0 Å². The molecule has 11 heteroatoms. The van der Waals surface area contributed by atoms with Gasteiger partial charge in [-0.3, -0.25) is 14.6 Å². The Kier molecular flexibility index (Phi) is 10.2. The molecule has 0 aliphatic heterocycles. The van der Waals surface area contributed by atoms with Crippen molar-refractivity contribution in [2.24, 2.45) is 7.05 Å². The molecule has 6 aromatic rings. The van der Waals surface area contributed by atoms with Crippen LogP contribution in [0.25, 0.3) is 27.7 Å². The van der Waals surface area contributed by atoms with Gasteiger partial charge in [0.05, 0.1) is 54.0 Å². The van der Waals surface area contributed by atoms with Gasteiger partial charge in [-0.1, -0.05) is 63.2 Å². The first-order valence-corrected chi connectivity index (χ1v) is 16.7. The monoisotopic (exact) mass is 689 g/mol. The lowest BCUT2D eigenvalue weighted by atomic mass is 9.86. The van der Waals surface area contributed by atoms with E-state index in [0.29, 0.717) is 52.4 Å². The van der Waals surface area contributed by atoms with E-state index in [-0.39, 0.29) is 22.0 Å². The zero-order chi connectivity index (χ0) is 36.3. The van der Waals surface area contributed by atoms with Gasteiger partial charge in [0.1, 0.15) is 11.6 Å². The molecule has 1 N–H and O–H groups in total. The summed E-state index contributed by atoms with van der Waals surface area (Å²) >= 11 is 0. The first-order chi connectivity index (χ1) is 24.5. The topological polar surface area (TPSA) is 121 Å². The molecule has 1 atom stereocenters. The summed E-state index contributed by atoms with van der Waals surface area (Å²) in [5.74, 6) is -0.613. The van der Waals surface area contributed by atoms with Crippen LogP contribution >= 0.6 is 0 Å². The lowest BCUT2D eigenvalue weighted by Crippen LogP contribution is -2.27. The molecule has 1 unspecified atom stereocenters. The average molecular weight is 690 g/mol. The van der Waals surface area contributed by atoms with Gasteiger partial charge < -0.3 is 14.6 Å².